The van der Waals surface area contributed by atoms with Crippen LogP contribution in [0.15, 0.2) is 71.5 Å². The van der Waals surface area contributed by atoms with Crippen LogP contribution in [-0.2, 0) is 6.18 Å². The van der Waals surface area contributed by atoms with E-state index in [9.17, 15) is 22.8 Å². The molecule has 0 bridgehead atoms. The number of hydrogen-bond acceptors (Lipinski definition) is 7. The fourth-order valence-electron chi connectivity index (χ4n) is 4.46. The number of pyridine rings is 1. The molecule has 8 nitrogen and oxygen atoms in total. The number of amides is 1. The number of allylic oxidation sites excluding steroid dienone is 1. The second kappa shape index (κ2) is 13.1. The molecule has 220 valence electrons. The molecule has 3 N–H and O–H groups in total. The van der Waals surface area contributed by atoms with E-state index in [4.69, 9.17) is 17.3 Å². The molecule has 0 saturated carbocycles. The summed E-state index contributed by atoms with van der Waals surface area (Å²) in [5.41, 5.74) is 6.13. The van der Waals surface area contributed by atoms with Crippen LogP contribution in [0.2, 0.25) is 5.02 Å². The van der Waals surface area contributed by atoms with Crippen LogP contribution in [0, 0.1) is 0 Å². The minimum Gasteiger partial charge on any atom is -0.404 e. The topological polar surface area (TPSA) is 104 Å². The number of benzene rings is 2. The van der Waals surface area contributed by atoms with Crippen molar-refractivity contribution >= 4 is 52.4 Å². The van der Waals surface area contributed by atoms with Gasteiger partial charge in [0.1, 0.15) is 5.82 Å². The number of hydrogen-bond donors (Lipinski definition) is 2. The summed E-state index contributed by atoms with van der Waals surface area (Å²) in [6.07, 6.45) is 2.11. The Morgan fingerprint density at radius 2 is 1.81 bits per heavy atom. The Morgan fingerprint density at radius 1 is 1.07 bits per heavy atom. The van der Waals surface area contributed by atoms with Gasteiger partial charge in [-0.3, -0.25) is 14.6 Å². The molecule has 0 aliphatic carbocycles. The first-order valence-corrected chi connectivity index (χ1v) is 13.6. The first-order chi connectivity index (χ1) is 20.0. The van der Waals surface area contributed by atoms with Gasteiger partial charge in [-0.2, -0.15) is 13.2 Å². The number of alkyl halides is 3. The monoisotopic (exact) mass is 598 g/mol. The molecule has 1 amide bonds. The van der Waals surface area contributed by atoms with Gasteiger partial charge in [0.25, 0.3) is 5.91 Å². The van der Waals surface area contributed by atoms with Crippen molar-refractivity contribution in [3.05, 3.63) is 88.2 Å². The molecule has 2 aromatic carbocycles. The molecule has 1 aromatic heterocycles. The number of aliphatic imine (C=N–C) groups is 1. The number of rotatable bonds is 8. The Bertz CT molecular complexity index is 1530. The zero-order chi connectivity index (χ0) is 30.4. The van der Waals surface area contributed by atoms with Crippen molar-refractivity contribution in [1.82, 2.24) is 4.98 Å². The predicted octanol–water partition coefficient (Wildman–Crippen LogP) is 6.49. The van der Waals surface area contributed by atoms with Gasteiger partial charge in [-0.05, 0) is 67.8 Å². The number of nitrogens with zero attached hydrogens (tertiary/aromatic N) is 4. The van der Waals surface area contributed by atoms with Crippen LogP contribution in [-0.4, -0.2) is 50.1 Å². The van der Waals surface area contributed by atoms with E-state index in [0.29, 0.717) is 11.4 Å². The smallest absolute Gasteiger partial charge is 0.404 e. The molecular formula is C30H30ClF3N6O2. The van der Waals surface area contributed by atoms with Crippen LogP contribution in [0.1, 0.15) is 45.5 Å². The molecule has 12 heteroatoms. The second-order valence-corrected chi connectivity index (χ2v) is 10.3. The Hall–Kier alpha value is -4.38. The van der Waals surface area contributed by atoms with E-state index < -0.39 is 28.5 Å². The van der Waals surface area contributed by atoms with Crippen molar-refractivity contribution in [3.63, 3.8) is 0 Å². The van der Waals surface area contributed by atoms with Crippen LogP contribution in [0.25, 0.3) is 0 Å². The van der Waals surface area contributed by atoms with Crippen LogP contribution in [0.4, 0.5) is 36.1 Å². The quantitative estimate of drug-likeness (QED) is 0.174. The third kappa shape index (κ3) is 7.27. The molecule has 1 fully saturated rings. The molecule has 0 spiro atoms. The van der Waals surface area contributed by atoms with E-state index in [1.165, 1.54) is 12.3 Å². The zero-order valence-corrected chi connectivity index (χ0v) is 23.8. The van der Waals surface area contributed by atoms with E-state index in [-0.39, 0.29) is 22.5 Å². The van der Waals surface area contributed by atoms with Gasteiger partial charge >= 0.3 is 6.18 Å². The summed E-state index contributed by atoms with van der Waals surface area (Å²) in [5.74, 6) is -0.433. The first-order valence-electron chi connectivity index (χ1n) is 13.2. The number of halogens is 4. The highest BCUT2D eigenvalue weighted by atomic mass is 35.5. The lowest BCUT2D eigenvalue weighted by Crippen LogP contribution is -2.29. The fraction of sp³-hybridized carbons (Fsp3) is 0.267. The summed E-state index contributed by atoms with van der Waals surface area (Å²) >= 11 is 5.71. The number of ketones is 1. The minimum absolute atomic E-state index is 0.0659. The lowest BCUT2D eigenvalue weighted by atomic mass is 10.0. The molecule has 1 saturated heterocycles. The van der Waals surface area contributed by atoms with E-state index in [0.717, 1.165) is 62.6 Å². The zero-order valence-electron chi connectivity index (χ0n) is 23.1. The van der Waals surface area contributed by atoms with Gasteiger partial charge in [-0.1, -0.05) is 11.6 Å². The van der Waals surface area contributed by atoms with Crippen LogP contribution in [0.3, 0.4) is 0 Å². The maximum absolute atomic E-state index is 13.8. The SMILES string of the molecule is CN(C)c1cc(C(=O)Nc2ccc(N3CCCCC3)cc2C(=O)C(C=Nc2ccc(Cl)c(C(F)(F)F)c2)=CN)ccn1. The molecule has 1 aliphatic heterocycles. The number of aromatic nitrogens is 1. The van der Waals surface area contributed by atoms with Gasteiger partial charge in [-0.25, -0.2) is 4.98 Å². The van der Waals surface area contributed by atoms with Gasteiger partial charge < -0.3 is 20.9 Å². The minimum atomic E-state index is -4.67. The Labute approximate surface area is 246 Å². The highest BCUT2D eigenvalue weighted by Crippen LogP contribution is 2.37. The third-order valence-electron chi connectivity index (χ3n) is 6.73. The number of piperidine rings is 1. The molecule has 0 unspecified atom stereocenters. The van der Waals surface area contributed by atoms with Gasteiger partial charge in [0.15, 0.2) is 5.78 Å². The molecule has 0 radical (unpaired) electrons. The van der Waals surface area contributed by atoms with Gasteiger partial charge in [-0.15, -0.1) is 0 Å². The number of carbonyl (C=O) groups is 2. The van der Waals surface area contributed by atoms with Crippen molar-refractivity contribution in [2.45, 2.75) is 25.4 Å². The fourth-order valence-corrected chi connectivity index (χ4v) is 4.69. The number of anilines is 3. The van der Waals surface area contributed by atoms with Crippen molar-refractivity contribution in [1.29, 1.82) is 0 Å². The molecule has 0 atom stereocenters. The van der Waals surface area contributed by atoms with Gasteiger partial charge in [0.05, 0.1) is 27.5 Å². The van der Waals surface area contributed by atoms with Gasteiger partial charge in [0.2, 0.25) is 0 Å². The van der Waals surface area contributed by atoms with Gasteiger partial charge in [0, 0.05) is 62.6 Å². The van der Waals surface area contributed by atoms with E-state index in [1.807, 2.05) is 6.07 Å². The maximum atomic E-state index is 13.8. The number of nitrogens with two attached hydrogens (primary N) is 1. The summed E-state index contributed by atoms with van der Waals surface area (Å²) in [6, 6.07) is 11.5. The molecule has 1 aliphatic rings. The third-order valence-corrected chi connectivity index (χ3v) is 7.06. The Balaban J connectivity index is 1.68. The predicted molar refractivity (Wildman–Crippen MR) is 160 cm³/mol. The lowest BCUT2D eigenvalue weighted by molar-refractivity contribution is -0.137. The van der Waals surface area contributed by atoms with Crippen LogP contribution >= 0.6 is 11.6 Å². The van der Waals surface area contributed by atoms with Crippen molar-refractivity contribution in [3.8, 4) is 0 Å². The normalized spacial score (nSPS) is 14.2. The Kier molecular flexibility index (Phi) is 9.52. The maximum Gasteiger partial charge on any atom is 0.417 e. The summed E-state index contributed by atoms with van der Waals surface area (Å²) in [4.78, 5) is 39.2. The number of Topliss-reactive ketones (excluding diaryl/α,β-unsaturated/α-hetero) is 1. The Morgan fingerprint density at radius 3 is 2.48 bits per heavy atom. The van der Waals surface area contributed by atoms with E-state index in [1.54, 1.807) is 43.3 Å². The summed E-state index contributed by atoms with van der Waals surface area (Å²) in [5, 5.41) is 2.35. The van der Waals surface area contributed by atoms with Crippen LogP contribution in [0.5, 0.6) is 0 Å². The average Bonchev–Trinajstić information content (AvgIpc) is 2.98. The molecule has 2 heterocycles. The number of carbonyl (C=O) groups excluding carboxylic acids is 2. The molecular weight excluding hydrogens is 569 g/mol. The second-order valence-electron chi connectivity index (χ2n) is 9.90. The van der Waals surface area contributed by atoms with Crippen molar-refractivity contribution in [2.75, 3.05) is 42.3 Å². The molecule has 42 heavy (non-hydrogen) atoms. The molecule has 3 aromatic rings. The number of nitrogens with one attached hydrogen (secondary N) is 1. The molecule has 4 rings (SSSR count). The van der Waals surface area contributed by atoms with Crippen LogP contribution < -0.4 is 20.9 Å². The van der Waals surface area contributed by atoms with Crippen molar-refractivity contribution < 1.29 is 22.8 Å². The van der Waals surface area contributed by atoms with E-state index in [2.05, 4.69) is 20.2 Å². The van der Waals surface area contributed by atoms with Crippen molar-refractivity contribution in [2.24, 2.45) is 10.7 Å². The summed E-state index contributed by atoms with van der Waals surface area (Å²) < 4.78 is 39.9. The average molecular weight is 599 g/mol. The van der Waals surface area contributed by atoms with E-state index >= 15 is 0 Å². The highest BCUT2D eigenvalue weighted by Gasteiger charge is 2.33. The lowest BCUT2D eigenvalue weighted by Gasteiger charge is -2.29. The highest BCUT2D eigenvalue weighted by molar-refractivity contribution is 6.31. The first kappa shape index (κ1) is 30.6. The summed E-state index contributed by atoms with van der Waals surface area (Å²) in [6.45, 7) is 1.64. The largest absolute Gasteiger partial charge is 0.417 e. The standard InChI is InChI=1S/C30H30ClF3N6O2/c1-39(2)27-14-19(10-11-36-27)29(42)38-26-9-7-22(40-12-4-3-5-13-40)16-23(26)28(41)20(17-35)18-37-21-6-8-25(31)24(15-21)30(32,33)34/h6-11,14-18H,3-5,12-13,35H2,1-2H3,(H,38,42). The summed E-state index contributed by atoms with van der Waals surface area (Å²) in [7, 11) is 3.60.